The van der Waals surface area contributed by atoms with Crippen LogP contribution in [0.4, 0.5) is 0 Å². The lowest BCUT2D eigenvalue weighted by Crippen LogP contribution is -2.10. The summed E-state index contributed by atoms with van der Waals surface area (Å²) in [4.78, 5) is 11.2. The Balaban J connectivity index is 1.96. The van der Waals surface area contributed by atoms with E-state index in [2.05, 4.69) is 17.0 Å². The van der Waals surface area contributed by atoms with E-state index in [0.717, 1.165) is 11.1 Å². The second-order valence-corrected chi connectivity index (χ2v) is 5.72. The molecule has 0 N–H and O–H groups in total. The van der Waals surface area contributed by atoms with Gasteiger partial charge in [0.15, 0.2) is 23.0 Å². The fraction of sp³-hybridized carbons (Fsp3) is 0.217. The van der Waals surface area contributed by atoms with Crippen molar-refractivity contribution in [3.05, 3.63) is 65.9 Å². The van der Waals surface area contributed by atoms with Crippen molar-refractivity contribution in [1.82, 2.24) is 0 Å². The van der Waals surface area contributed by atoms with Crippen LogP contribution in [0.3, 0.4) is 0 Å². The number of ether oxygens (including phenoxy) is 5. The highest BCUT2D eigenvalue weighted by molar-refractivity contribution is 5.87. The highest BCUT2D eigenvalue weighted by Crippen LogP contribution is 2.30. The maximum atomic E-state index is 11.2. The van der Waals surface area contributed by atoms with Crippen molar-refractivity contribution < 1.29 is 28.5 Å². The van der Waals surface area contributed by atoms with Crippen LogP contribution in [0.2, 0.25) is 0 Å². The number of hydrogen-bond donors (Lipinski definition) is 0. The minimum atomic E-state index is -0.426. The summed E-state index contributed by atoms with van der Waals surface area (Å²) in [6.07, 6.45) is 4.73. The van der Waals surface area contributed by atoms with Gasteiger partial charge in [-0.05, 0) is 47.5 Å². The van der Waals surface area contributed by atoms with Crippen LogP contribution in [-0.2, 0) is 9.53 Å². The summed E-state index contributed by atoms with van der Waals surface area (Å²) in [5, 5.41) is 0. The molecule has 0 spiro atoms. The summed E-state index contributed by atoms with van der Waals surface area (Å²) in [5.41, 5.74) is 4.44. The van der Waals surface area contributed by atoms with Crippen LogP contribution in [-0.4, -0.2) is 40.5 Å². The molecule has 2 aromatic rings. The van der Waals surface area contributed by atoms with E-state index in [9.17, 15) is 4.79 Å². The first-order valence-electron chi connectivity index (χ1n) is 8.84. The van der Waals surface area contributed by atoms with Crippen molar-refractivity contribution in [3.8, 4) is 23.0 Å². The molecule has 2 rings (SSSR count). The highest BCUT2D eigenvalue weighted by atomic mass is 16.5. The fourth-order valence-electron chi connectivity index (χ4n) is 2.45. The quantitative estimate of drug-likeness (QED) is 0.260. The lowest BCUT2D eigenvalue weighted by molar-refractivity contribution is -0.134. The third-order valence-electron chi connectivity index (χ3n) is 3.86. The molecule has 0 saturated carbocycles. The zero-order valence-corrected chi connectivity index (χ0v) is 16.8. The molecule has 0 heterocycles. The SMILES string of the molecule is C=C=Cc1ccc(OCCOc2ccc(/C=C/C(=O)OC)cc2OC)c(OC)c1. The van der Waals surface area contributed by atoms with Gasteiger partial charge >= 0.3 is 5.97 Å². The van der Waals surface area contributed by atoms with Crippen LogP contribution >= 0.6 is 0 Å². The lowest BCUT2D eigenvalue weighted by Gasteiger charge is -2.13. The van der Waals surface area contributed by atoms with Crippen LogP contribution in [0.5, 0.6) is 23.0 Å². The van der Waals surface area contributed by atoms with Crippen molar-refractivity contribution in [3.63, 3.8) is 0 Å². The van der Waals surface area contributed by atoms with Gasteiger partial charge in [0, 0.05) is 6.08 Å². The van der Waals surface area contributed by atoms with Gasteiger partial charge < -0.3 is 23.7 Å². The zero-order chi connectivity index (χ0) is 21.1. The molecule has 2 aromatic carbocycles. The molecule has 0 atom stereocenters. The van der Waals surface area contributed by atoms with E-state index in [1.54, 1.807) is 38.5 Å². The topological polar surface area (TPSA) is 63.2 Å². The van der Waals surface area contributed by atoms with Gasteiger partial charge in [0.25, 0.3) is 0 Å². The molecule has 152 valence electrons. The number of esters is 1. The van der Waals surface area contributed by atoms with E-state index in [1.807, 2.05) is 24.3 Å². The van der Waals surface area contributed by atoms with E-state index in [0.29, 0.717) is 36.2 Å². The predicted octanol–water partition coefficient (Wildman–Crippen LogP) is 4.15. The molecule has 0 aliphatic carbocycles. The van der Waals surface area contributed by atoms with Gasteiger partial charge in [0.1, 0.15) is 13.2 Å². The first kappa shape index (κ1) is 21.7. The average molecular weight is 396 g/mol. The summed E-state index contributed by atoms with van der Waals surface area (Å²) in [6, 6.07) is 10.9. The maximum absolute atomic E-state index is 11.2. The van der Waals surface area contributed by atoms with Crippen LogP contribution in [0.1, 0.15) is 11.1 Å². The molecular formula is C23H24O6. The Bertz CT molecular complexity index is 910. The molecule has 0 unspecified atom stereocenters. The van der Waals surface area contributed by atoms with Crippen molar-refractivity contribution >= 4 is 18.1 Å². The molecule has 0 radical (unpaired) electrons. The molecule has 29 heavy (non-hydrogen) atoms. The lowest BCUT2D eigenvalue weighted by atomic mass is 10.2. The van der Waals surface area contributed by atoms with Gasteiger partial charge in [-0.3, -0.25) is 0 Å². The Hall–Kier alpha value is -3.63. The molecule has 0 amide bonds. The van der Waals surface area contributed by atoms with Gasteiger partial charge in [-0.2, -0.15) is 0 Å². The Morgan fingerprint density at radius 2 is 1.45 bits per heavy atom. The van der Waals surface area contributed by atoms with Crippen molar-refractivity contribution in [2.24, 2.45) is 0 Å². The van der Waals surface area contributed by atoms with E-state index in [1.165, 1.54) is 13.2 Å². The smallest absolute Gasteiger partial charge is 0.330 e. The zero-order valence-electron chi connectivity index (χ0n) is 16.8. The Labute approximate surface area is 170 Å². The first-order chi connectivity index (χ1) is 14.1. The average Bonchev–Trinajstić information content (AvgIpc) is 2.76. The third-order valence-corrected chi connectivity index (χ3v) is 3.86. The Morgan fingerprint density at radius 3 is 1.97 bits per heavy atom. The summed E-state index contributed by atoms with van der Waals surface area (Å²) >= 11 is 0. The van der Waals surface area contributed by atoms with Crippen LogP contribution in [0.25, 0.3) is 12.2 Å². The normalized spacial score (nSPS) is 10.2. The summed E-state index contributed by atoms with van der Waals surface area (Å²) in [5.74, 6) is 1.94. The predicted molar refractivity (Wildman–Crippen MR) is 112 cm³/mol. The number of methoxy groups -OCH3 is 3. The fourth-order valence-corrected chi connectivity index (χ4v) is 2.45. The molecular weight excluding hydrogens is 372 g/mol. The summed E-state index contributed by atoms with van der Waals surface area (Å²) < 4.78 is 26.8. The second-order valence-electron chi connectivity index (χ2n) is 5.72. The largest absolute Gasteiger partial charge is 0.493 e. The summed E-state index contributed by atoms with van der Waals surface area (Å²) in [6.45, 7) is 4.19. The molecule has 0 saturated heterocycles. The maximum Gasteiger partial charge on any atom is 0.330 e. The molecule has 0 bridgehead atoms. The monoisotopic (exact) mass is 396 g/mol. The molecule has 0 aromatic heterocycles. The summed E-state index contributed by atoms with van der Waals surface area (Å²) in [7, 11) is 4.46. The molecule has 0 fully saturated rings. The second kappa shape index (κ2) is 11.3. The Morgan fingerprint density at radius 1 is 0.897 bits per heavy atom. The van der Waals surface area contributed by atoms with Gasteiger partial charge in [-0.25, -0.2) is 4.79 Å². The van der Waals surface area contributed by atoms with Crippen LogP contribution in [0, 0.1) is 0 Å². The van der Waals surface area contributed by atoms with Crippen molar-refractivity contribution in [2.75, 3.05) is 34.5 Å². The molecule has 6 heteroatoms. The van der Waals surface area contributed by atoms with E-state index < -0.39 is 5.97 Å². The van der Waals surface area contributed by atoms with Crippen molar-refractivity contribution in [2.45, 2.75) is 0 Å². The van der Waals surface area contributed by atoms with E-state index in [4.69, 9.17) is 18.9 Å². The number of carbonyl (C=O) groups excluding carboxylic acids is 1. The Kier molecular flexibility index (Phi) is 8.42. The number of benzene rings is 2. The molecule has 6 nitrogen and oxygen atoms in total. The van der Waals surface area contributed by atoms with Gasteiger partial charge in [-0.15, -0.1) is 5.73 Å². The third kappa shape index (κ3) is 6.48. The van der Waals surface area contributed by atoms with E-state index >= 15 is 0 Å². The number of carbonyl (C=O) groups is 1. The number of rotatable bonds is 10. The minimum absolute atomic E-state index is 0.311. The van der Waals surface area contributed by atoms with Gasteiger partial charge in [0.05, 0.1) is 21.3 Å². The minimum Gasteiger partial charge on any atom is -0.493 e. The van der Waals surface area contributed by atoms with Crippen LogP contribution < -0.4 is 18.9 Å². The van der Waals surface area contributed by atoms with Gasteiger partial charge in [0.2, 0.25) is 0 Å². The van der Waals surface area contributed by atoms with E-state index in [-0.39, 0.29) is 0 Å². The van der Waals surface area contributed by atoms with Gasteiger partial charge in [-0.1, -0.05) is 18.7 Å². The molecule has 0 aliphatic rings. The highest BCUT2D eigenvalue weighted by Gasteiger charge is 2.07. The van der Waals surface area contributed by atoms with Crippen LogP contribution in [0.15, 0.2) is 54.8 Å². The first-order valence-corrected chi connectivity index (χ1v) is 8.84. The standard InChI is InChI=1S/C23H24O6/c1-5-6-17-7-10-19(21(15-17)25-2)28-13-14-29-20-11-8-18(16-22(20)26-3)9-12-23(24)27-4/h6-12,15-16H,1,13-14H2,2-4H3/b12-9+. The number of hydrogen-bond acceptors (Lipinski definition) is 6. The molecule has 0 aliphatic heterocycles. The van der Waals surface area contributed by atoms with Crippen molar-refractivity contribution in [1.29, 1.82) is 0 Å².